The molecule has 0 aromatic heterocycles. The van der Waals surface area contributed by atoms with Crippen LogP contribution in [0, 0.1) is 6.92 Å². The molecule has 2 atom stereocenters. The van der Waals surface area contributed by atoms with Crippen LogP contribution in [-0.2, 0) is 0 Å². The number of carbonyl (C=O) groups is 1. The molecule has 1 aliphatic heterocycles. The van der Waals surface area contributed by atoms with E-state index in [1.54, 1.807) is 6.07 Å². The van der Waals surface area contributed by atoms with Gasteiger partial charge in [-0.15, -0.1) is 0 Å². The van der Waals surface area contributed by atoms with Gasteiger partial charge in [-0.3, -0.25) is 0 Å². The Bertz CT molecular complexity index is 456. The second kappa shape index (κ2) is 5.01. The third kappa shape index (κ3) is 2.09. The van der Waals surface area contributed by atoms with Crippen molar-refractivity contribution in [3.63, 3.8) is 0 Å². The maximum Gasteiger partial charge on any atom is 0.337 e. The molecule has 1 heterocycles. The maximum atomic E-state index is 11.4. The van der Waals surface area contributed by atoms with Crippen LogP contribution in [0.25, 0.3) is 0 Å². The van der Waals surface area contributed by atoms with E-state index in [1.165, 1.54) is 0 Å². The van der Waals surface area contributed by atoms with Crippen LogP contribution in [0.3, 0.4) is 0 Å². The van der Waals surface area contributed by atoms with Gasteiger partial charge in [0.15, 0.2) is 0 Å². The highest BCUT2D eigenvalue weighted by atomic mass is 16.4. The molecule has 1 fully saturated rings. The zero-order valence-electron chi connectivity index (χ0n) is 11.3. The van der Waals surface area contributed by atoms with Crippen molar-refractivity contribution in [1.82, 2.24) is 0 Å². The maximum absolute atomic E-state index is 11.4. The molecule has 0 bridgehead atoms. The molecule has 1 aliphatic rings. The fourth-order valence-corrected chi connectivity index (χ4v) is 3.05. The largest absolute Gasteiger partial charge is 0.478 e. The average molecular weight is 247 g/mol. The van der Waals surface area contributed by atoms with Crippen molar-refractivity contribution in [2.24, 2.45) is 0 Å². The molecule has 3 nitrogen and oxygen atoms in total. The Balaban J connectivity index is 2.52. The second-order valence-corrected chi connectivity index (χ2v) is 5.17. The first kappa shape index (κ1) is 12.9. The summed E-state index contributed by atoms with van der Waals surface area (Å²) in [5.74, 6) is -0.831. The summed E-state index contributed by atoms with van der Waals surface area (Å²) in [6.07, 6.45) is 3.37. The molecule has 0 aliphatic carbocycles. The van der Waals surface area contributed by atoms with Crippen LogP contribution in [-0.4, -0.2) is 23.2 Å². The standard InChI is InChI=1S/C15H21NO2/c1-4-12-9-8-11(3)16(12)14-10(2)6-5-7-13(14)15(17)18/h5-7,11-12H,4,8-9H2,1-3H3,(H,17,18). The van der Waals surface area contributed by atoms with Crippen LogP contribution >= 0.6 is 0 Å². The van der Waals surface area contributed by atoms with Crippen molar-refractivity contribution in [1.29, 1.82) is 0 Å². The second-order valence-electron chi connectivity index (χ2n) is 5.17. The van der Waals surface area contributed by atoms with E-state index in [9.17, 15) is 9.90 Å². The number of carboxylic acid groups (broad SMARTS) is 1. The van der Waals surface area contributed by atoms with Gasteiger partial charge in [0.05, 0.1) is 11.3 Å². The number of anilines is 1. The Morgan fingerprint density at radius 2 is 2.17 bits per heavy atom. The van der Waals surface area contributed by atoms with Crippen LogP contribution in [0.4, 0.5) is 5.69 Å². The molecule has 3 heteroatoms. The van der Waals surface area contributed by atoms with Gasteiger partial charge >= 0.3 is 5.97 Å². The highest BCUT2D eigenvalue weighted by molar-refractivity contribution is 5.95. The molecule has 1 saturated heterocycles. The monoisotopic (exact) mass is 247 g/mol. The molecule has 2 rings (SSSR count). The highest BCUT2D eigenvalue weighted by Gasteiger charge is 2.32. The fourth-order valence-electron chi connectivity index (χ4n) is 3.05. The lowest BCUT2D eigenvalue weighted by atomic mass is 10.0. The Morgan fingerprint density at radius 1 is 1.44 bits per heavy atom. The van der Waals surface area contributed by atoms with E-state index in [0.29, 0.717) is 17.6 Å². The molecule has 1 N–H and O–H groups in total. The molecule has 0 spiro atoms. The van der Waals surface area contributed by atoms with Crippen LogP contribution < -0.4 is 4.90 Å². The first-order valence-corrected chi connectivity index (χ1v) is 6.67. The Hall–Kier alpha value is -1.51. The summed E-state index contributed by atoms with van der Waals surface area (Å²) in [7, 11) is 0. The van der Waals surface area contributed by atoms with Crippen molar-refractivity contribution in [2.75, 3.05) is 4.90 Å². The number of hydrogen-bond acceptors (Lipinski definition) is 2. The first-order chi connectivity index (χ1) is 8.56. The van der Waals surface area contributed by atoms with Crippen molar-refractivity contribution < 1.29 is 9.90 Å². The van der Waals surface area contributed by atoms with Gasteiger partial charge in [-0.1, -0.05) is 19.1 Å². The number of carboxylic acids is 1. The molecule has 18 heavy (non-hydrogen) atoms. The summed E-state index contributed by atoms with van der Waals surface area (Å²) in [6, 6.07) is 6.43. The summed E-state index contributed by atoms with van der Waals surface area (Å²) >= 11 is 0. The number of para-hydroxylation sites is 1. The van der Waals surface area contributed by atoms with Crippen molar-refractivity contribution >= 4 is 11.7 Å². The van der Waals surface area contributed by atoms with Crippen LogP contribution in [0.5, 0.6) is 0 Å². The molecule has 98 valence electrons. The van der Waals surface area contributed by atoms with Gasteiger partial charge in [0.25, 0.3) is 0 Å². The molecule has 1 aromatic rings. The predicted octanol–water partition coefficient (Wildman–Crippen LogP) is 3.46. The summed E-state index contributed by atoms with van der Waals surface area (Å²) in [6.45, 7) is 6.36. The van der Waals surface area contributed by atoms with E-state index < -0.39 is 5.97 Å². The number of nitrogens with zero attached hydrogens (tertiary/aromatic N) is 1. The molecule has 0 amide bonds. The van der Waals surface area contributed by atoms with Gasteiger partial charge in [-0.2, -0.15) is 0 Å². The van der Waals surface area contributed by atoms with Crippen LogP contribution in [0.2, 0.25) is 0 Å². The van der Waals surface area contributed by atoms with E-state index in [4.69, 9.17) is 0 Å². The SMILES string of the molecule is CCC1CCC(C)N1c1c(C)cccc1C(=O)O. The number of aromatic carboxylic acids is 1. The zero-order valence-corrected chi connectivity index (χ0v) is 11.3. The normalized spacial score (nSPS) is 23.4. The summed E-state index contributed by atoms with van der Waals surface area (Å²) < 4.78 is 0. The smallest absolute Gasteiger partial charge is 0.337 e. The molecule has 2 unspecified atom stereocenters. The van der Waals surface area contributed by atoms with Crippen LogP contribution in [0.1, 0.15) is 49.0 Å². The van der Waals surface area contributed by atoms with Gasteiger partial charge in [0.2, 0.25) is 0 Å². The predicted molar refractivity (Wildman–Crippen MR) is 73.4 cm³/mol. The van der Waals surface area contributed by atoms with Crippen molar-refractivity contribution in [3.05, 3.63) is 29.3 Å². The fraction of sp³-hybridized carbons (Fsp3) is 0.533. The van der Waals surface area contributed by atoms with Gasteiger partial charge in [-0.25, -0.2) is 4.79 Å². The first-order valence-electron chi connectivity index (χ1n) is 6.67. The average Bonchev–Trinajstić information content (AvgIpc) is 2.70. The minimum atomic E-state index is -0.831. The molecular formula is C15H21NO2. The number of rotatable bonds is 3. The Kier molecular flexibility index (Phi) is 3.60. The highest BCUT2D eigenvalue weighted by Crippen LogP contribution is 2.36. The van der Waals surface area contributed by atoms with Gasteiger partial charge in [0.1, 0.15) is 0 Å². The lowest BCUT2D eigenvalue weighted by Gasteiger charge is -2.32. The molecule has 1 aromatic carbocycles. The van der Waals surface area contributed by atoms with Gasteiger partial charge in [-0.05, 0) is 44.7 Å². The molecular weight excluding hydrogens is 226 g/mol. The number of benzene rings is 1. The van der Waals surface area contributed by atoms with E-state index in [2.05, 4.69) is 18.7 Å². The lowest BCUT2D eigenvalue weighted by Crippen LogP contribution is -2.35. The minimum absolute atomic E-state index is 0.425. The van der Waals surface area contributed by atoms with E-state index in [1.807, 2.05) is 19.1 Å². The van der Waals surface area contributed by atoms with E-state index in [0.717, 1.165) is 30.5 Å². The zero-order chi connectivity index (χ0) is 13.3. The number of aryl methyl sites for hydroxylation is 1. The molecule has 0 saturated carbocycles. The topological polar surface area (TPSA) is 40.5 Å². The van der Waals surface area contributed by atoms with E-state index in [-0.39, 0.29) is 0 Å². The number of hydrogen-bond donors (Lipinski definition) is 1. The summed E-state index contributed by atoms with van der Waals surface area (Å²) in [5.41, 5.74) is 2.41. The lowest BCUT2D eigenvalue weighted by molar-refractivity contribution is 0.0697. The van der Waals surface area contributed by atoms with Crippen molar-refractivity contribution in [3.8, 4) is 0 Å². The van der Waals surface area contributed by atoms with Gasteiger partial charge in [0, 0.05) is 12.1 Å². The summed E-state index contributed by atoms with van der Waals surface area (Å²) in [4.78, 5) is 13.7. The third-order valence-corrected chi connectivity index (χ3v) is 3.98. The summed E-state index contributed by atoms with van der Waals surface area (Å²) in [5, 5.41) is 9.37. The van der Waals surface area contributed by atoms with E-state index >= 15 is 0 Å². The minimum Gasteiger partial charge on any atom is -0.478 e. The molecule has 0 radical (unpaired) electrons. The Morgan fingerprint density at radius 3 is 2.78 bits per heavy atom. The third-order valence-electron chi connectivity index (χ3n) is 3.98. The van der Waals surface area contributed by atoms with Crippen molar-refractivity contribution in [2.45, 2.75) is 52.1 Å². The van der Waals surface area contributed by atoms with Crippen LogP contribution in [0.15, 0.2) is 18.2 Å². The Labute approximate surface area is 108 Å². The van der Waals surface area contributed by atoms with Gasteiger partial charge < -0.3 is 10.0 Å². The quantitative estimate of drug-likeness (QED) is 0.889.